The molecular weight excluding hydrogens is 586 g/mol. The van der Waals surface area contributed by atoms with Crippen LogP contribution in [-0.2, 0) is 32.6 Å². The Bertz CT molecular complexity index is 1680. The molecule has 0 spiro atoms. The smallest absolute Gasteiger partial charge is 0.262 e. The van der Waals surface area contributed by atoms with Gasteiger partial charge in [-0.05, 0) is 60.9 Å². The van der Waals surface area contributed by atoms with Crippen LogP contribution in [0.1, 0.15) is 16.7 Å². The first-order valence-electron chi connectivity index (χ1n) is 13.9. The average molecular weight is 618 g/mol. The second-order valence-electron chi connectivity index (χ2n) is 10.3. The predicted octanol–water partition coefficient (Wildman–Crippen LogP) is 4.99. The van der Waals surface area contributed by atoms with Crippen LogP contribution in [0.4, 0.5) is 5.69 Å². The summed E-state index contributed by atoms with van der Waals surface area (Å²) in [6.07, 6.45) is -0.317. The van der Waals surface area contributed by atoms with Gasteiger partial charge in [-0.1, -0.05) is 83.9 Å². The Morgan fingerprint density at radius 1 is 0.907 bits per heavy atom. The van der Waals surface area contributed by atoms with Crippen LogP contribution < -0.4 is 15.0 Å². The molecule has 0 aliphatic carbocycles. The van der Waals surface area contributed by atoms with Crippen LogP contribution in [0.25, 0.3) is 0 Å². The molecule has 0 radical (unpaired) electrons. The molecule has 2 amide bonds. The molecule has 1 atom stereocenters. The summed E-state index contributed by atoms with van der Waals surface area (Å²) in [7, 11) is -4.06. The van der Waals surface area contributed by atoms with E-state index in [0.717, 1.165) is 15.4 Å². The number of nitrogens with one attached hydrogen (secondary N) is 1. The molecule has 8 nitrogen and oxygen atoms in total. The molecule has 0 fully saturated rings. The topological polar surface area (TPSA) is 96.0 Å². The van der Waals surface area contributed by atoms with Gasteiger partial charge in [0.05, 0.1) is 23.7 Å². The predicted molar refractivity (Wildman–Crippen MR) is 167 cm³/mol. The maximum absolute atomic E-state index is 13.9. The van der Waals surface area contributed by atoms with Crippen molar-refractivity contribution in [3.8, 4) is 5.75 Å². The molecular formula is C33H32ClN3O5S. The number of benzene rings is 4. The Labute approximate surface area is 256 Å². The zero-order valence-electron chi connectivity index (χ0n) is 23.6. The monoisotopic (exact) mass is 617 g/mol. The lowest BCUT2D eigenvalue weighted by Crippen LogP contribution is -2.53. The number of carbonyl (C=O) groups is 2. The highest BCUT2D eigenvalue weighted by Gasteiger charge is 2.36. The number of para-hydroxylation sites is 2. The van der Waals surface area contributed by atoms with E-state index < -0.39 is 28.6 Å². The molecule has 0 aromatic heterocycles. The Hall–Kier alpha value is -4.18. The number of aryl methyl sites for hydroxylation is 1. The molecule has 10 heteroatoms. The largest absolute Gasteiger partial charge is 0.477 e. The molecule has 1 aliphatic rings. The Morgan fingerprint density at radius 2 is 1.58 bits per heavy atom. The van der Waals surface area contributed by atoms with Crippen LogP contribution in [0.3, 0.4) is 0 Å². The van der Waals surface area contributed by atoms with Crippen molar-refractivity contribution >= 4 is 39.1 Å². The lowest BCUT2D eigenvalue weighted by Gasteiger charge is -2.35. The van der Waals surface area contributed by atoms with Gasteiger partial charge in [-0.2, -0.15) is 4.31 Å². The SMILES string of the molecule is Cc1ccc(S(=O)(=O)N(CC(=O)N2C[C@H](C(=O)NCCc3ccccc3)Oc3ccccc32)Cc2ccc(Cl)cc2)cc1. The van der Waals surface area contributed by atoms with Crippen molar-refractivity contribution in [3.05, 3.63) is 125 Å². The number of ether oxygens (including phenoxy) is 1. The Balaban J connectivity index is 1.37. The van der Waals surface area contributed by atoms with E-state index >= 15 is 0 Å². The normalized spacial score (nSPS) is 14.6. The molecule has 222 valence electrons. The average Bonchev–Trinajstić information content (AvgIpc) is 3.01. The van der Waals surface area contributed by atoms with Gasteiger partial charge in [0.2, 0.25) is 15.9 Å². The third-order valence-corrected chi connectivity index (χ3v) is 9.22. The van der Waals surface area contributed by atoms with E-state index in [1.165, 1.54) is 17.0 Å². The zero-order chi connectivity index (χ0) is 30.4. The number of carbonyl (C=O) groups excluding carboxylic acids is 2. The molecule has 0 unspecified atom stereocenters. The van der Waals surface area contributed by atoms with Crippen molar-refractivity contribution in [1.82, 2.24) is 9.62 Å². The van der Waals surface area contributed by atoms with Gasteiger partial charge < -0.3 is 15.0 Å². The van der Waals surface area contributed by atoms with Crippen LogP contribution in [0.15, 0.2) is 108 Å². The summed E-state index contributed by atoms with van der Waals surface area (Å²) in [5.41, 5.74) is 3.15. The molecule has 1 N–H and O–H groups in total. The fourth-order valence-corrected chi connectivity index (χ4v) is 6.31. The van der Waals surface area contributed by atoms with Crippen molar-refractivity contribution < 1.29 is 22.7 Å². The standard InChI is InChI=1S/C33H32ClN3O5S/c1-24-11-17-28(18-12-24)43(40,41)36(21-26-13-15-27(34)16-14-26)23-32(38)37-22-31(42-30-10-6-5-9-29(30)37)33(39)35-20-19-25-7-3-2-4-8-25/h2-18,31H,19-23H2,1H3,(H,35,39)/t31-/m1/s1. The number of sulfonamides is 1. The summed E-state index contributed by atoms with van der Waals surface area (Å²) >= 11 is 6.05. The molecule has 0 saturated carbocycles. The second-order valence-corrected chi connectivity index (χ2v) is 12.7. The van der Waals surface area contributed by atoms with Crippen molar-refractivity contribution in [2.45, 2.75) is 30.9 Å². The van der Waals surface area contributed by atoms with Gasteiger partial charge in [0.1, 0.15) is 5.75 Å². The Morgan fingerprint density at radius 3 is 2.30 bits per heavy atom. The summed E-state index contributed by atoms with van der Waals surface area (Å²) in [6, 6.07) is 30.0. The lowest BCUT2D eigenvalue weighted by molar-refractivity contribution is -0.128. The maximum atomic E-state index is 13.9. The van der Waals surface area contributed by atoms with Crippen LogP contribution in [0.5, 0.6) is 5.75 Å². The van der Waals surface area contributed by atoms with E-state index in [9.17, 15) is 18.0 Å². The minimum atomic E-state index is -4.06. The minimum absolute atomic E-state index is 0.0471. The first kappa shape index (κ1) is 30.3. The van der Waals surface area contributed by atoms with Crippen LogP contribution in [0, 0.1) is 6.92 Å². The van der Waals surface area contributed by atoms with Gasteiger partial charge in [-0.15, -0.1) is 0 Å². The van der Waals surface area contributed by atoms with Gasteiger partial charge in [0.25, 0.3) is 5.91 Å². The highest BCUT2D eigenvalue weighted by molar-refractivity contribution is 7.89. The van der Waals surface area contributed by atoms with Crippen LogP contribution in [0.2, 0.25) is 5.02 Å². The summed E-state index contributed by atoms with van der Waals surface area (Å²) in [5, 5.41) is 3.42. The first-order chi connectivity index (χ1) is 20.7. The summed E-state index contributed by atoms with van der Waals surface area (Å²) in [5.74, 6) is -0.466. The number of rotatable bonds is 10. The van der Waals surface area contributed by atoms with Gasteiger partial charge in [0, 0.05) is 18.1 Å². The van der Waals surface area contributed by atoms with E-state index in [1.54, 1.807) is 60.7 Å². The number of halogens is 1. The van der Waals surface area contributed by atoms with Gasteiger partial charge in [-0.25, -0.2) is 8.42 Å². The molecule has 1 aliphatic heterocycles. The van der Waals surface area contributed by atoms with Crippen molar-refractivity contribution in [1.29, 1.82) is 0 Å². The van der Waals surface area contributed by atoms with Crippen LogP contribution >= 0.6 is 11.6 Å². The third kappa shape index (κ3) is 7.43. The Kier molecular flexibility index (Phi) is 9.45. The van der Waals surface area contributed by atoms with E-state index in [-0.39, 0.29) is 23.9 Å². The summed E-state index contributed by atoms with van der Waals surface area (Å²) < 4.78 is 34.8. The summed E-state index contributed by atoms with van der Waals surface area (Å²) in [4.78, 5) is 28.6. The first-order valence-corrected chi connectivity index (χ1v) is 15.7. The lowest BCUT2D eigenvalue weighted by atomic mass is 10.1. The highest BCUT2D eigenvalue weighted by Crippen LogP contribution is 2.33. The number of nitrogens with zero attached hydrogens (tertiary/aromatic N) is 2. The fraction of sp³-hybridized carbons (Fsp3) is 0.212. The van der Waals surface area contributed by atoms with Crippen molar-refractivity contribution in [2.75, 3.05) is 24.5 Å². The van der Waals surface area contributed by atoms with E-state index in [1.807, 2.05) is 37.3 Å². The zero-order valence-corrected chi connectivity index (χ0v) is 25.2. The molecule has 1 heterocycles. The van der Waals surface area contributed by atoms with Gasteiger partial charge in [-0.3, -0.25) is 9.59 Å². The van der Waals surface area contributed by atoms with Gasteiger partial charge in [0.15, 0.2) is 6.10 Å². The van der Waals surface area contributed by atoms with E-state index in [0.29, 0.717) is 35.0 Å². The molecule has 0 bridgehead atoms. The molecule has 43 heavy (non-hydrogen) atoms. The number of fused-ring (bicyclic) bond motifs is 1. The maximum Gasteiger partial charge on any atom is 0.262 e. The summed E-state index contributed by atoms with van der Waals surface area (Å²) in [6.45, 7) is 1.72. The second kappa shape index (κ2) is 13.4. The molecule has 4 aromatic rings. The fourth-order valence-electron chi connectivity index (χ4n) is 4.81. The van der Waals surface area contributed by atoms with Crippen molar-refractivity contribution in [2.24, 2.45) is 0 Å². The van der Waals surface area contributed by atoms with Crippen molar-refractivity contribution in [3.63, 3.8) is 0 Å². The van der Waals surface area contributed by atoms with E-state index in [4.69, 9.17) is 16.3 Å². The number of anilines is 1. The van der Waals surface area contributed by atoms with Crippen LogP contribution in [-0.4, -0.2) is 50.3 Å². The van der Waals surface area contributed by atoms with Gasteiger partial charge >= 0.3 is 0 Å². The number of hydrogen-bond donors (Lipinski definition) is 1. The number of amides is 2. The molecule has 5 rings (SSSR count). The molecule has 0 saturated heterocycles. The van der Waals surface area contributed by atoms with E-state index in [2.05, 4.69) is 5.32 Å². The third-order valence-electron chi connectivity index (χ3n) is 7.17. The number of hydrogen-bond acceptors (Lipinski definition) is 5. The highest BCUT2D eigenvalue weighted by atomic mass is 35.5. The molecule has 4 aromatic carbocycles. The minimum Gasteiger partial charge on any atom is -0.477 e. The quantitative estimate of drug-likeness (QED) is 0.270.